The summed E-state index contributed by atoms with van der Waals surface area (Å²) < 4.78 is 0. The maximum absolute atomic E-state index is 10.5. The van der Waals surface area contributed by atoms with Gasteiger partial charge in [-0.15, -0.1) is 11.3 Å². The van der Waals surface area contributed by atoms with Gasteiger partial charge in [0.25, 0.3) is 0 Å². The van der Waals surface area contributed by atoms with Crippen molar-refractivity contribution in [3.63, 3.8) is 0 Å². The minimum atomic E-state index is 0.668. The Morgan fingerprint density at radius 1 is 1.62 bits per heavy atom. The standard InChI is InChI=1S/C10H13NOS/c1-8-6-9(7-12)13-10(8)4-2-3-5-11/h2,4,6-7H,3,5,11H2,1H3. The van der Waals surface area contributed by atoms with Gasteiger partial charge in [-0.05, 0) is 37.6 Å². The molecule has 0 aliphatic carbocycles. The van der Waals surface area contributed by atoms with Crippen molar-refractivity contribution in [2.45, 2.75) is 13.3 Å². The average Bonchev–Trinajstić information content (AvgIpc) is 2.48. The van der Waals surface area contributed by atoms with E-state index in [0.29, 0.717) is 6.54 Å². The van der Waals surface area contributed by atoms with Crippen LogP contribution in [0.4, 0.5) is 0 Å². The number of hydrogen-bond acceptors (Lipinski definition) is 3. The highest BCUT2D eigenvalue weighted by atomic mass is 32.1. The van der Waals surface area contributed by atoms with E-state index in [1.54, 1.807) is 0 Å². The number of thiophene rings is 1. The summed E-state index contributed by atoms with van der Waals surface area (Å²) in [6.07, 6.45) is 5.83. The third kappa shape index (κ3) is 2.79. The number of aryl methyl sites for hydroxylation is 1. The molecular weight excluding hydrogens is 182 g/mol. The second-order valence-corrected chi connectivity index (χ2v) is 3.91. The number of rotatable bonds is 4. The topological polar surface area (TPSA) is 43.1 Å². The van der Waals surface area contributed by atoms with Crippen LogP contribution in [-0.4, -0.2) is 12.8 Å². The van der Waals surface area contributed by atoms with Crippen LogP contribution in [0.25, 0.3) is 6.08 Å². The second-order valence-electron chi connectivity index (χ2n) is 2.79. The predicted octanol–water partition coefficient (Wildman–Crippen LogP) is 2.23. The van der Waals surface area contributed by atoms with E-state index in [1.807, 2.05) is 25.1 Å². The maximum Gasteiger partial charge on any atom is 0.160 e. The maximum atomic E-state index is 10.5. The van der Waals surface area contributed by atoms with E-state index < -0.39 is 0 Å². The fraction of sp³-hybridized carbons (Fsp3) is 0.300. The van der Waals surface area contributed by atoms with Gasteiger partial charge in [-0.3, -0.25) is 4.79 Å². The molecule has 1 heterocycles. The Labute approximate surface area is 82.1 Å². The highest BCUT2D eigenvalue weighted by Crippen LogP contribution is 2.21. The number of hydrogen-bond donors (Lipinski definition) is 1. The number of nitrogens with two attached hydrogens (primary N) is 1. The van der Waals surface area contributed by atoms with Gasteiger partial charge in [0.05, 0.1) is 4.88 Å². The van der Waals surface area contributed by atoms with E-state index in [4.69, 9.17) is 5.73 Å². The lowest BCUT2D eigenvalue weighted by atomic mass is 10.2. The predicted molar refractivity (Wildman–Crippen MR) is 57.1 cm³/mol. The molecule has 0 atom stereocenters. The van der Waals surface area contributed by atoms with Crippen molar-refractivity contribution < 1.29 is 4.79 Å². The van der Waals surface area contributed by atoms with Crippen LogP contribution in [-0.2, 0) is 0 Å². The summed E-state index contributed by atoms with van der Waals surface area (Å²) in [5.41, 5.74) is 6.51. The zero-order valence-corrected chi connectivity index (χ0v) is 8.43. The van der Waals surface area contributed by atoms with Crippen molar-refractivity contribution in [3.8, 4) is 0 Å². The zero-order valence-electron chi connectivity index (χ0n) is 7.62. The summed E-state index contributed by atoms with van der Waals surface area (Å²) in [6.45, 7) is 2.67. The largest absolute Gasteiger partial charge is 0.330 e. The zero-order chi connectivity index (χ0) is 9.68. The normalized spacial score (nSPS) is 10.9. The van der Waals surface area contributed by atoms with Gasteiger partial charge >= 0.3 is 0 Å². The molecule has 13 heavy (non-hydrogen) atoms. The van der Waals surface area contributed by atoms with Crippen molar-refractivity contribution in [1.82, 2.24) is 0 Å². The molecule has 0 bridgehead atoms. The quantitative estimate of drug-likeness (QED) is 0.749. The van der Waals surface area contributed by atoms with Gasteiger partial charge in [0, 0.05) is 4.88 Å². The summed E-state index contributed by atoms with van der Waals surface area (Å²) in [5, 5.41) is 0. The second kappa shape index (κ2) is 4.94. The van der Waals surface area contributed by atoms with Crippen molar-refractivity contribution in [2.75, 3.05) is 6.54 Å². The van der Waals surface area contributed by atoms with Crippen molar-refractivity contribution in [3.05, 3.63) is 27.5 Å². The van der Waals surface area contributed by atoms with Crippen molar-refractivity contribution in [2.24, 2.45) is 5.73 Å². The molecule has 0 aromatic carbocycles. The lowest BCUT2D eigenvalue weighted by molar-refractivity contribution is 0.112. The molecule has 70 valence electrons. The van der Waals surface area contributed by atoms with E-state index in [9.17, 15) is 4.79 Å². The average molecular weight is 195 g/mol. The lowest BCUT2D eigenvalue weighted by Gasteiger charge is -1.88. The molecule has 1 aromatic heterocycles. The van der Waals surface area contributed by atoms with E-state index in [1.165, 1.54) is 11.3 Å². The summed E-state index contributed by atoms with van der Waals surface area (Å²) >= 11 is 1.51. The van der Waals surface area contributed by atoms with Crippen LogP contribution in [0.5, 0.6) is 0 Å². The van der Waals surface area contributed by atoms with Crippen molar-refractivity contribution in [1.29, 1.82) is 0 Å². The minimum Gasteiger partial charge on any atom is -0.330 e. The summed E-state index contributed by atoms with van der Waals surface area (Å²) in [7, 11) is 0. The Hall–Kier alpha value is -0.930. The summed E-state index contributed by atoms with van der Waals surface area (Å²) in [5.74, 6) is 0. The molecule has 3 heteroatoms. The molecule has 1 aromatic rings. The first-order chi connectivity index (χ1) is 6.27. The molecule has 0 saturated heterocycles. The summed E-state index contributed by atoms with van der Waals surface area (Å²) in [6, 6.07) is 1.90. The van der Waals surface area contributed by atoms with Gasteiger partial charge in [0.2, 0.25) is 0 Å². The monoisotopic (exact) mass is 195 g/mol. The third-order valence-corrected chi connectivity index (χ3v) is 2.82. The van der Waals surface area contributed by atoms with E-state index in [-0.39, 0.29) is 0 Å². The Morgan fingerprint density at radius 3 is 2.92 bits per heavy atom. The molecule has 0 radical (unpaired) electrons. The smallest absolute Gasteiger partial charge is 0.160 e. The molecule has 0 fully saturated rings. The van der Waals surface area contributed by atoms with E-state index >= 15 is 0 Å². The molecule has 2 nitrogen and oxygen atoms in total. The molecule has 0 amide bonds. The minimum absolute atomic E-state index is 0.668. The van der Waals surface area contributed by atoms with Crippen LogP contribution in [0.3, 0.4) is 0 Å². The van der Waals surface area contributed by atoms with Gasteiger partial charge in [-0.1, -0.05) is 6.08 Å². The lowest BCUT2D eigenvalue weighted by Crippen LogP contribution is -1.94. The van der Waals surface area contributed by atoms with Crippen LogP contribution >= 0.6 is 11.3 Å². The van der Waals surface area contributed by atoms with Gasteiger partial charge in [0.1, 0.15) is 0 Å². The summed E-state index contributed by atoms with van der Waals surface area (Å²) in [4.78, 5) is 12.4. The molecule has 2 N–H and O–H groups in total. The third-order valence-electron chi connectivity index (χ3n) is 1.69. The SMILES string of the molecule is Cc1cc(C=O)sc1C=CCCN. The van der Waals surface area contributed by atoms with Crippen LogP contribution in [0.15, 0.2) is 12.1 Å². The van der Waals surface area contributed by atoms with Crippen LogP contribution < -0.4 is 5.73 Å². The van der Waals surface area contributed by atoms with Crippen LogP contribution in [0.2, 0.25) is 0 Å². The van der Waals surface area contributed by atoms with E-state index in [0.717, 1.165) is 28.0 Å². The van der Waals surface area contributed by atoms with Gasteiger partial charge < -0.3 is 5.73 Å². The molecule has 0 saturated carbocycles. The van der Waals surface area contributed by atoms with Gasteiger partial charge in [-0.25, -0.2) is 0 Å². The van der Waals surface area contributed by atoms with Gasteiger partial charge in [-0.2, -0.15) is 0 Å². The Balaban J connectivity index is 2.76. The fourth-order valence-corrected chi connectivity index (χ4v) is 1.95. The molecule has 1 rings (SSSR count). The molecule has 0 aliphatic rings. The first kappa shape index (κ1) is 10.2. The fourth-order valence-electron chi connectivity index (χ4n) is 1.03. The van der Waals surface area contributed by atoms with E-state index in [2.05, 4.69) is 0 Å². The Bertz CT molecular complexity index is 315. The molecular formula is C10H13NOS. The molecule has 0 aliphatic heterocycles. The Morgan fingerprint density at radius 2 is 2.38 bits per heavy atom. The first-order valence-corrected chi connectivity index (χ1v) is 5.01. The molecule has 0 unspecified atom stereocenters. The highest BCUT2D eigenvalue weighted by molar-refractivity contribution is 7.14. The van der Waals surface area contributed by atoms with Crippen LogP contribution in [0, 0.1) is 6.92 Å². The van der Waals surface area contributed by atoms with Gasteiger partial charge in [0.15, 0.2) is 6.29 Å². The number of carbonyl (C=O) groups is 1. The number of aldehydes is 1. The Kier molecular flexibility index (Phi) is 3.86. The van der Waals surface area contributed by atoms with Crippen LogP contribution in [0.1, 0.15) is 26.5 Å². The first-order valence-electron chi connectivity index (χ1n) is 4.20. The highest BCUT2D eigenvalue weighted by Gasteiger charge is 2.00. The molecule has 0 spiro atoms. The number of carbonyl (C=O) groups excluding carboxylic acids is 1. The van der Waals surface area contributed by atoms with Crippen molar-refractivity contribution >= 4 is 23.7 Å².